The third kappa shape index (κ3) is 5.85. The van der Waals surface area contributed by atoms with E-state index in [0.29, 0.717) is 5.92 Å². The summed E-state index contributed by atoms with van der Waals surface area (Å²) in [6.07, 6.45) is -0.446. The Morgan fingerprint density at radius 1 is 1.45 bits per heavy atom. The van der Waals surface area contributed by atoms with Gasteiger partial charge in [0, 0.05) is 0 Å². The van der Waals surface area contributed by atoms with Gasteiger partial charge in [-0.25, -0.2) is 0 Å². The molecule has 0 aromatic rings. The normalized spacial score (nSPS) is 15.3. The van der Waals surface area contributed by atoms with Crippen molar-refractivity contribution in [2.45, 2.75) is 33.8 Å². The van der Waals surface area contributed by atoms with Crippen molar-refractivity contribution >= 4 is 5.71 Å². The number of nitrogens with zero attached hydrogens (tertiary/aromatic N) is 1. The predicted octanol–water partition coefficient (Wildman–Crippen LogP) is 1.42. The van der Waals surface area contributed by atoms with Crippen molar-refractivity contribution in [3.63, 3.8) is 0 Å². The highest BCUT2D eigenvalue weighted by atomic mass is 16.6. The molecule has 66 valence electrons. The standard InChI is InChI=1S/C8H17NO2/c1-6(2)8(4)9-11-5-7(3)10/h6-7,10H,5H2,1-4H3/b9-8+. The number of aliphatic hydroxyl groups is 1. The lowest BCUT2D eigenvalue weighted by molar-refractivity contribution is 0.0494. The first kappa shape index (κ1) is 10.4. The van der Waals surface area contributed by atoms with Gasteiger partial charge in [-0.1, -0.05) is 19.0 Å². The SMILES string of the molecule is C/C(=N\OCC(C)O)C(C)C. The van der Waals surface area contributed by atoms with Crippen molar-refractivity contribution in [2.24, 2.45) is 11.1 Å². The number of hydrogen-bond acceptors (Lipinski definition) is 3. The van der Waals surface area contributed by atoms with Gasteiger partial charge in [0.2, 0.25) is 0 Å². The molecular weight excluding hydrogens is 142 g/mol. The van der Waals surface area contributed by atoms with Gasteiger partial charge in [-0.2, -0.15) is 0 Å². The zero-order valence-electron chi connectivity index (χ0n) is 7.66. The van der Waals surface area contributed by atoms with E-state index in [4.69, 9.17) is 9.94 Å². The highest BCUT2D eigenvalue weighted by Crippen LogP contribution is 1.96. The minimum absolute atomic E-state index is 0.268. The Balaban J connectivity index is 3.57. The highest BCUT2D eigenvalue weighted by molar-refractivity contribution is 5.83. The molecule has 0 aromatic heterocycles. The predicted molar refractivity (Wildman–Crippen MR) is 45.6 cm³/mol. The van der Waals surface area contributed by atoms with Crippen LogP contribution in [0, 0.1) is 5.92 Å². The van der Waals surface area contributed by atoms with E-state index >= 15 is 0 Å². The van der Waals surface area contributed by atoms with Crippen LogP contribution >= 0.6 is 0 Å². The maximum atomic E-state index is 8.81. The molecule has 0 amide bonds. The molecule has 0 saturated heterocycles. The summed E-state index contributed by atoms with van der Waals surface area (Å²) in [7, 11) is 0. The summed E-state index contributed by atoms with van der Waals surface area (Å²) in [6.45, 7) is 7.94. The van der Waals surface area contributed by atoms with Crippen molar-refractivity contribution < 1.29 is 9.94 Å². The lowest BCUT2D eigenvalue weighted by atomic mass is 10.1. The average molecular weight is 159 g/mol. The maximum absolute atomic E-state index is 8.81. The van der Waals surface area contributed by atoms with Crippen molar-refractivity contribution in [3.8, 4) is 0 Å². The molecule has 1 atom stereocenters. The van der Waals surface area contributed by atoms with Gasteiger partial charge < -0.3 is 9.94 Å². The van der Waals surface area contributed by atoms with Crippen LogP contribution in [0.1, 0.15) is 27.7 Å². The lowest BCUT2D eigenvalue weighted by Crippen LogP contribution is -2.10. The van der Waals surface area contributed by atoms with E-state index in [1.807, 2.05) is 20.8 Å². The van der Waals surface area contributed by atoms with Crippen molar-refractivity contribution in [1.82, 2.24) is 0 Å². The van der Waals surface area contributed by atoms with Crippen molar-refractivity contribution in [1.29, 1.82) is 0 Å². The number of oxime groups is 1. The third-order valence-electron chi connectivity index (χ3n) is 1.36. The largest absolute Gasteiger partial charge is 0.393 e. The van der Waals surface area contributed by atoms with Gasteiger partial charge in [0.15, 0.2) is 0 Å². The quantitative estimate of drug-likeness (QED) is 0.498. The van der Waals surface area contributed by atoms with E-state index in [1.165, 1.54) is 0 Å². The molecule has 3 heteroatoms. The molecule has 0 fully saturated rings. The van der Waals surface area contributed by atoms with E-state index in [2.05, 4.69) is 5.16 Å². The van der Waals surface area contributed by atoms with Gasteiger partial charge in [0.1, 0.15) is 6.61 Å². The zero-order valence-corrected chi connectivity index (χ0v) is 7.66. The van der Waals surface area contributed by atoms with Crippen LogP contribution in [0.4, 0.5) is 0 Å². The molecule has 1 N–H and O–H groups in total. The second kappa shape index (κ2) is 5.13. The molecular formula is C8H17NO2. The molecule has 11 heavy (non-hydrogen) atoms. The van der Waals surface area contributed by atoms with Crippen LogP contribution in [-0.4, -0.2) is 23.5 Å². The Morgan fingerprint density at radius 3 is 2.36 bits per heavy atom. The van der Waals surface area contributed by atoms with Crippen molar-refractivity contribution in [3.05, 3.63) is 0 Å². The van der Waals surface area contributed by atoms with Gasteiger partial charge in [-0.05, 0) is 19.8 Å². The fourth-order valence-corrected chi connectivity index (χ4v) is 0.352. The third-order valence-corrected chi connectivity index (χ3v) is 1.36. The Labute approximate surface area is 68.1 Å². The fraction of sp³-hybridized carbons (Fsp3) is 0.875. The fourth-order valence-electron chi connectivity index (χ4n) is 0.352. The van der Waals surface area contributed by atoms with Gasteiger partial charge in [0.25, 0.3) is 0 Å². The van der Waals surface area contributed by atoms with E-state index in [9.17, 15) is 0 Å². The minimum Gasteiger partial charge on any atom is -0.393 e. The first-order chi connectivity index (χ1) is 5.04. The Hall–Kier alpha value is -0.570. The second-order valence-electron chi connectivity index (χ2n) is 3.03. The number of aliphatic hydroxyl groups excluding tert-OH is 1. The van der Waals surface area contributed by atoms with Gasteiger partial charge in [-0.3, -0.25) is 0 Å². The molecule has 0 rings (SSSR count). The molecule has 0 bridgehead atoms. The molecule has 0 aromatic carbocycles. The summed E-state index contributed by atoms with van der Waals surface area (Å²) in [5.41, 5.74) is 0.950. The van der Waals surface area contributed by atoms with E-state index in [1.54, 1.807) is 6.92 Å². The summed E-state index contributed by atoms with van der Waals surface area (Å²) in [6, 6.07) is 0. The lowest BCUT2D eigenvalue weighted by Gasteiger charge is -2.05. The molecule has 0 radical (unpaired) electrons. The number of hydrogen-bond donors (Lipinski definition) is 1. The van der Waals surface area contributed by atoms with Gasteiger partial charge >= 0.3 is 0 Å². The summed E-state index contributed by atoms with van der Waals surface area (Å²) in [5, 5.41) is 12.6. The van der Waals surface area contributed by atoms with Crippen LogP contribution in [-0.2, 0) is 4.84 Å². The number of rotatable bonds is 4. The van der Waals surface area contributed by atoms with E-state index in [0.717, 1.165) is 5.71 Å². The van der Waals surface area contributed by atoms with E-state index in [-0.39, 0.29) is 6.61 Å². The summed E-state index contributed by atoms with van der Waals surface area (Å²) in [5.74, 6) is 0.406. The molecule has 0 saturated carbocycles. The maximum Gasteiger partial charge on any atom is 0.142 e. The summed E-state index contributed by atoms with van der Waals surface area (Å²) >= 11 is 0. The highest BCUT2D eigenvalue weighted by Gasteiger charge is 1.98. The van der Waals surface area contributed by atoms with Crippen LogP contribution in [0.2, 0.25) is 0 Å². The Kier molecular flexibility index (Phi) is 4.86. The molecule has 0 aliphatic carbocycles. The zero-order chi connectivity index (χ0) is 8.85. The van der Waals surface area contributed by atoms with Gasteiger partial charge in [-0.15, -0.1) is 0 Å². The average Bonchev–Trinajstić information content (AvgIpc) is 1.86. The molecule has 0 spiro atoms. The first-order valence-corrected chi connectivity index (χ1v) is 3.88. The second-order valence-corrected chi connectivity index (χ2v) is 3.03. The van der Waals surface area contributed by atoms with Crippen LogP contribution in [0.25, 0.3) is 0 Å². The smallest absolute Gasteiger partial charge is 0.142 e. The topological polar surface area (TPSA) is 41.8 Å². The summed E-state index contributed by atoms with van der Waals surface area (Å²) < 4.78 is 0. The summed E-state index contributed by atoms with van der Waals surface area (Å²) in [4.78, 5) is 4.86. The Morgan fingerprint density at radius 2 is 2.00 bits per heavy atom. The molecule has 3 nitrogen and oxygen atoms in total. The molecule has 1 unspecified atom stereocenters. The molecule has 0 aliphatic heterocycles. The first-order valence-electron chi connectivity index (χ1n) is 3.88. The van der Waals surface area contributed by atoms with Gasteiger partial charge in [0.05, 0.1) is 11.8 Å². The minimum atomic E-state index is -0.446. The van der Waals surface area contributed by atoms with Crippen molar-refractivity contribution in [2.75, 3.05) is 6.61 Å². The Bertz CT molecular complexity index is 130. The molecule has 0 aliphatic rings. The monoisotopic (exact) mass is 159 g/mol. The van der Waals surface area contributed by atoms with E-state index < -0.39 is 6.10 Å². The molecule has 0 heterocycles. The van der Waals surface area contributed by atoms with Crippen LogP contribution in [0.5, 0.6) is 0 Å². The van der Waals surface area contributed by atoms with Crippen LogP contribution in [0.3, 0.4) is 0 Å². The van der Waals surface area contributed by atoms with Crippen LogP contribution in [0.15, 0.2) is 5.16 Å². The van der Waals surface area contributed by atoms with Crippen LogP contribution < -0.4 is 0 Å².